The number of nitrogens with zero attached hydrogens (tertiary/aromatic N) is 2. The lowest BCUT2D eigenvalue weighted by atomic mass is 10.1. The molecule has 0 saturated carbocycles. The molecular weight excluding hydrogens is 496 g/mol. The van der Waals surface area contributed by atoms with Crippen molar-refractivity contribution in [1.29, 1.82) is 0 Å². The number of thioether (sulfide) groups is 1. The number of rotatable bonds is 8. The molecular formula is C27H22N2O5S2. The Bertz CT molecular complexity index is 1340. The van der Waals surface area contributed by atoms with Crippen LogP contribution in [0.25, 0.3) is 6.08 Å². The summed E-state index contributed by atoms with van der Waals surface area (Å²) in [5.41, 5.74) is 2.59. The topological polar surface area (TPSA) is 87.2 Å². The molecule has 3 aromatic carbocycles. The molecule has 0 aliphatic carbocycles. The molecule has 0 aromatic heterocycles. The van der Waals surface area contributed by atoms with Crippen LogP contribution in [0.4, 0.5) is 5.69 Å². The predicted molar refractivity (Wildman–Crippen MR) is 144 cm³/mol. The van der Waals surface area contributed by atoms with Gasteiger partial charge >= 0.3 is 5.97 Å². The molecule has 0 radical (unpaired) electrons. The van der Waals surface area contributed by atoms with E-state index < -0.39 is 18.4 Å². The lowest BCUT2D eigenvalue weighted by molar-refractivity contribution is -0.140. The fourth-order valence-corrected chi connectivity index (χ4v) is 4.79. The maximum absolute atomic E-state index is 13.5. The normalized spacial score (nSPS) is 14.2. The second-order valence-electron chi connectivity index (χ2n) is 7.89. The van der Waals surface area contributed by atoms with Crippen LogP contribution in [0.1, 0.15) is 21.5 Å². The molecule has 3 aromatic rings. The molecule has 1 aliphatic rings. The van der Waals surface area contributed by atoms with Crippen molar-refractivity contribution in [2.75, 3.05) is 18.5 Å². The van der Waals surface area contributed by atoms with Crippen LogP contribution in [0.2, 0.25) is 0 Å². The lowest BCUT2D eigenvalue weighted by Crippen LogP contribution is -2.33. The van der Waals surface area contributed by atoms with E-state index in [-0.39, 0.29) is 21.7 Å². The molecule has 1 saturated heterocycles. The Morgan fingerprint density at radius 1 is 1.06 bits per heavy atom. The van der Waals surface area contributed by atoms with E-state index in [0.717, 1.165) is 27.9 Å². The monoisotopic (exact) mass is 518 g/mol. The standard InChI is InChI=1S/C27H22N2O5S2/c1-28(20-10-6-3-7-11-20)25(32)21-14-19(12-13-22(21)34-17-18-8-4-2-5-9-18)15-23-26(33)29(16-24(30)31)27(35)36-23/h2-15H,16-17H2,1H3,(H,30,31)/b23-15-. The second kappa shape index (κ2) is 11.2. The van der Waals surface area contributed by atoms with Gasteiger partial charge in [-0.1, -0.05) is 78.6 Å². The van der Waals surface area contributed by atoms with Crippen LogP contribution in [-0.4, -0.2) is 45.7 Å². The number of ether oxygens (including phenoxy) is 1. The maximum Gasteiger partial charge on any atom is 0.323 e. The SMILES string of the molecule is CN(C(=O)c1cc(/C=C2\SC(=S)N(CC(=O)O)C2=O)ccc1OCc1ccccc1)c1ccccc1. The minimum Gasteiger partial charge on any atom is -0.488 e. The number of carbonyl (C=O) groups excluding carboxylic acids is 2. The summed E-state index contributed by atoms with van der Waals surface area (Å²) in [5.74, 6) is -1.50. The van der Waals surface area contributed by atoms with Crippen LogP contribution in [-0.2, 0) is 16.2 Å². The fourth-order valence-electron chi connectivity index (χ4n) is 3.54. The zero-order chi connectivity index (χ0) is 25.7. The van der Waals surface area contributed by atoms with Crippen LogP contribution < -0.4 is 9.64 Å². The smallest absolute Gasteiger partial charge is 0.323 e. The minimum absolute atomic E-state index is 0.177. The maximum atomic E-state index is 13.5. The van der Waals surface area contributed by atoms with Gasteiger partial charge in [0.15, 0.2) is 0 Å². The highest BCUT2D eigenvalue weighted by Gasteiger charge is 2.33. The average Bonchev–Trinajstić information content (AvgIpc) is 3.15. The Kier molecular flexibility index (Phi) is 7.82. The van der Waals surface area contributed by atoms with Crippen molar-refractivity contribution < 1.29 is 24.2 Å². The predicted octanol–water partition coefficient (Wildman–Crippen LogP) is 4.83. The molecule has 4 rings (SSSR count). The van der Waals surface area contributed by atoms with Gasteiger partial charge in [0, 0.05) is 12.7 Å². The first-order chi connectivity index (χ1) is 17.3. The van der Waals surface area contributed by atoms with Crippen molar-refractivity contribution >= 4 is 57.8 Å². The molecule has 36 heavy (non-hydrogen) atoms. The van der Waals surface area contributed by atoms with Gasteiger partial charge in [-0.3, -0.25) is 19.3 Å². The molecule has 1 fully saturated rings. The van der Waals surface area contributed by atoms with Gasteiger partial charge in [0.2, 0.25) is 0 Å². The number of benzene rings is 3. The van der Waals surface area contributed by atoms with Crippen LogP contribution in [0, 0.1) is 0 Å². The van der Waals surface area contributed by atoms with Crippen molar-refractivity contribution in [2.24, 2.45) is 0 Å². The number of carboxylic acid groups (broad SMARTS) is 1. The van der Waals surface area contributed by atoms with Gasteiger partial charge in [0.05, 0.1) is 10.5 Å². The largest absolute Gasteiger partial charge is 0.488 e. The molecule has 1 heterocycles. The minimum atomic E-state index is -1.15. The Labute approximate surface area is 218 Å². The van der Waals surface area contributed by atoms with Crippen LogP contribution in [0.15, 0.2) is 83.8 Å². The zero-order valence-electron chi connectivity index (χ0n) is 19.3. The third-order valence-corrected chi connectivity index (χ3v) is 6.76. The number of hydrogen-bond donors (Lipinski definition) is 1. The number of anilines is 1. The number of carbonyl (C=O) groups is 3. The van der Waals surface area contributed by atoms with Crippen molar-refractivity contribution in [3.8, 4) is 5.75 Å². The van der Waals surface area contributed by atoms with Crippen molar-refractivity contribution in [3.05, 3.63) is 100 Å². The number of carboxylic acids is 1. The van der Waals surface area contributed by atoms with Crippen LogP contribution in [0.5, 0.6) is 5.75 Å². The number of hydrogen-bond acceptors (Lipinski definition) is 6. The van der Waals surface area contributed by atoms with Crippen molar-refractivity contribution in [1.82, 2.24) is 4.90 Å². The summed E-state index contributed by atoms with van der Waals surface area (Å²) in [7, 11) is 1.68. The molecule has 7 nitrogen and oxygen atoms in total. The number of aliphatic carboxylic acids is 1. The first-order valence-electron chi connectivity index (χ1n) is 10.9. The number of amides is 2. The number of thiocarbonyl (C=S) groups is 1. The molecule has 2 amide bonds. The second-order valence-corrected chi connectivity index (χ2v) is 9.57. The summed E-state index contributed by atoms with van der Waals surface area (Å²) >= 11 is 6.20. The molecule has 9 heteroatoms. The first kappa shape index (κ1) is 25.2. The van der Waals surface area contributed by atoms with Crippen molar-refractivity contribution in [3.63, 3.8) is 0 Å². The van der Waals surface area contributed by atoms with Gasteiger partial charge < -0.3 is 14.7 Å². The lowest BCUT2D eigenvalue weighted by Gasteiger charge is -2.20. The van der Waals surface area contributed by atoms with Gasteiger partial charge in [-0.2, -0.15) is 0 Å². The van der Waals surface area contributed by atoms with E-state index >= 15 is 0 Å². The zero-order valence-corrected chi connectivity index (χ0v) is 20.9. The summed E-state index contributed by atoms with van der Waals surface area (Å²) in [4.78, 5) is 40.1. The summed E-state index contributed by atoms with van der Waals surface area (Å²) in [6.45, 7) is -0.219. The molecule has 182 valence electrons. The van der Waals surface area contributed by atoms with E-state index in [2.05, 4.69) is 0 Å². The third kappa shape index (κ3) is 5.81. The van der Waals surface area contributed by atoms with E-state index in [0.29, 0.717) is 16.9 Å². The van der Waals surface area contributed by atoms with Gasteiger partial charge in [0.25, 0.3) is 11.8 Å². The summed E-state index contributed by atoms with van der Waals surface area (Å²) in [6, 6.07) is 23.9. The molecule has 0 atom stereocenters. The molecule has 0 bridgehead atoms. The van der Waals surface area contributed by atoms with Crippen molar-refractivity contribution in [2.45, 2.75) is 6.61 Å². The molecule has 1 N–H and O–H groups in total. The van der Waals surface area contributed by atoms with Gasteiger partial charge in [-0.25, -0.2) is 0 Å². The summed E-state index contributed by atoms with van der Waals surface area (Å²) in [5, 5.41) is 9.05. The summed E-state index contributed by atoms with van der Waals surface area (Å²) in [6.07, 6.45) is 1.60. The van der Waals surface area contributed by atoms with E-state index in [9.17, 15) is 14.4 Å². The van der Waals surface area contributed by atoms with E-state index in [1.807, 2.05) is 60.7 Å². The van der Waals surface area contributed by atoms with E-state index in [1.54, 1.807) is 31.3 Å². The summed E-state index contributed by atoms with van der Waals surface area (Å²) < 4.78 is 6.20. The average molecular weight is 519 g/mol. The fraction of sp³-hybridized carbons (Fsp3) is 0.111. The van der Waals surface area contributed by atoms with E-state index in [4.69, 9.17) is 22.1 Å². The number of para-hydroxylation sites is 1. The quantitative estimate of drug-likeness (QED) is 0.338. The first-order valence-corrected chi connectivity index (χ1v) is 12.2. The highest BCUT2D eigenvalue weighted by atomic mass is 32.2. The molecule has 1 aliphatic heterocycles. The molecule has 0 spiro atoms. The highest BCUT2D eigenvalue weighted by Crippen LogP contribution is 2.33. The highest BCUT2D eigenvalue weighted by molar-refractivity contribution is 8.26. The van der Waals surface area contributed by atoms with Gasteiger partial charge in [-0.15, -0.1) is 0 Å². The van der Waals surface area contributed by atoms with Gasteiger partial charge in [0.1, 0.15) is 23.2 Å². The Morgan fingerprint density at radius 2 is 1.72 bits per heavy atom. The third-order valence-electron chi connectivity index (χ3n) is 5.38. The Balaban J connectivity index is 1.66. The van der Waals surface area contributed by atoms with E-state index in [1.165, 1.54) is 4.90 Å². The molecule has 0 unspecified atom stereocenters. The van der Waals surface area contributed by atoms with Gasteiger partial charge in [-0.05, 0) is 41.5 Å². The van der Waals surface area contributed by atoms with Crippen LogP contribution in [0.3, 0.4) is 0 Å². The van der Waals surface area contributed by atoms with Crippen LogP contribution >= 0.6 is 24.0 Å². The Morgan fingerprint density at radius 3 is 2.39 bits per heavy atom. The Hall–Kier alpha value is -3.95.